The quantitative estimate of drug-likeness (QED) is 0.265. The highest BCUT2D eigenvalue weighted by atomic mass is 32.3. The molecule has 0 atom stereocenters. The smallest absolute Gasteiger partial charge is 0.317 e. The van der Waals surface area contributed by atoms with Crippen molar-refractivity contribution in [2.75, 3.05) is 14.1 Å². The zero-order valence-electron chi connectivity index (χ0n) is 6.96. The van der Waals surface area contributed by atoms with E-state index in [0.29, 0.717) is 0 Å². The first kappa shape index (κ1) is 14.9. The van der Waals surface area contributed by atoms with Crippen LogP contribution in [-0.4, -0.2) is 42.5 Å². The summed E-state index contributed by atoms with van der Waals surface area (Å²) in [6.45, 7) is 0. The summed E-state index contributed by atoms with van der Waals surface area (Å²) in [4.78, 5) is 1.53. The molecule has 5 N–H and O–H groups in total. The molecule has 0 bridgehead atoms. The van der Waals surface area contributed by atoms with Crippen molar-refractivity contribution in [1.29, 1.82) is 5.41 Å². The highest BCUT2D eigenvalue weighted by Crippen LogP contribution is 1.79. The third kappa shape index (κ3) is 18.4. The molecular weight excluding hydrogens is 222 g/mol. The van der Waals surface area contributed by atoms with E-state index in [1.807, 2.05) is 0 Å². The van der Waals surface area contributed by atoms with Crippen LogP contribution in [0.25, 0.3) is 0 Å². The zero-order chi connectivity index (χ0) is 11.0. The Morgan fingerprint density at radius 2 is 1.62 bits per heavy atom. The Kier molecular flexibility index (Phi) is 9.27. The fourth-order valence-electron chi connectivity index (χ4n) is 0.0498. The van der Waals surface area contributed by atoms with Gasteiger partial charge in [0.2, 0.25) is 0 Å². The molecule has 13 heavy (non-hydrogen) atoms. The summed E-state index contributed by atoms with van der Waals surface area (Å²) < 4.78 is 37.2. The minimum Gasteiger partial charge on any atom is -0.370 e. The minimum atomic E-state index is -2.65. The molecule has 0 rings (SSSR count). The number of nitrogens with zero attached hydrogens (tertiary/aromatic N) is 1. The maximum atomic E-state index is 9.35. The van der Waals surface area contributed by atoms with E-state index in [2.05, 4.69) is 3.63 Å². The molecular formula is C3H11N3O5S2. The first-order chi connectivity index (χ1) is 5.77. The Balaban J connectivity index is 0. The molecule has 8 nitrogen and oxygen atoms in total. The van der Waals surface area contributed by atoms with Gasteiger partial charge in [0.25, 0.3) is 0 Å². The number of hydrogen-bond donors (Lipinski definition) is 4. The van der Waals surface area contributed by atoms with E-state index in [1.54, 1.807) is 14.1 Å². The summed E-state index contributed by atoms with van der Waals surface area (Å²) in [5.74, 6) is 0.0926. The maximum Gasteiger partial charge on any atom is 0.317 e. The Hall–Kier alpha value is -0.550. The lowest BCUT2D eigenvalue weighted by Crippen LogP contribution is -2.28. The van der Waals surface area contributed by atoms with Gasteiger partial charge in [-0.25, -0.2) is 0 Å². The van der Waals surface area contributed by atoms with Crippen molar-refractivity contribution in [3.63, 3.8) is 0 Å². The van der Waals surface area contributed by atoms with Crippen molar-refractivity contribution in [2.24, 2.45) is 5.73 Å². The average molecular weight is 233 g/mol. The molecule has 0 aromatic heterocycles. The molecule has 0 saturated carbocycles. The molecule has 0 aliphatic carbocycles. The van der Waals surface area contributed by atoms with Crippen LogP contribution in [0.5, 0.6) is 0 Å². The fourth-order valence-corrected chi connectivity index (χ4v) is 0.448. The monoisotopic (exact) mass is 233 g/mol. The predicted octanol–water partition coefficient (Wildman–Crippen LogP) is -1.28. The highest BCUT2D eigenvalue weighted by molar-refractivity contribution is 7.87. The van der Waals surface area contributed by atoms with E-state index in [0.717, 1.165) is 0 Å². The highest BCUT2D eigenvalue weighted by Gasteiger charge is 1.96. The maximum absolute atomic E-state index is 9.35. The van der Waals surface area contributed by atoms with Gasteiger partial charge in [0, 0.05) is 14.1 Å². The van der Waals surface area contributed by atoms with E-state index in [4.69, 9.17) is 20.2 Å². The molecule has 0 unspecified atom stereocenters. The van der Waals surface area contributed by atoms with Crippen molar-refractivity contribution < 1.29 is 21.2 Å². The fraction of sp³-hybridized carbons (Fsp3) is 0.667. The number of nitrogens with one attached hydrogen (secondary N) is 1. The van der Waals surface area contributed by atoms with Crippen molar-refractivity contribution in [3.8, 4) is 0 Å². The molecule has 0 spiro atoms. The van der Waals surface area contributed by atoms with E-state index in [9.17, 15) is 8.42 Å². The number of hydrogen-bond acceptors (Lipinski definition) is 4. The molecule has 0 aliphatic rings. The van der Waals surface area contributed by atoms with Crippen LogP contribution < -0.4 is 5.73 Å². The number of guanidine groups is 1. The van der Waals surface area contributed by atoms with Gasteiger partial charge in [-0.1, -0.05) is 0 Å². The van der Waals surface area contributed by atoms with Crippen LogP contribution in [-0.2, 0) is 26.4 Å². The molecule has 10 heteroatoms. The topological polar surface area (TPSA) is 137 Å². The van der Waals surface area contributed by atoms with E-state index in [-0.39, 0.29) is 5.96 Å². The molecule has 0 heterocycles. The Labute approximate surface area is 80.5 Å². The summed E-state index contributed by atoms with van der Waals surface area (Å²) in [5, 5.41) is 6.65. The van der Waals surface area contributed by atoms with E-state index < -0.39 is 22.7 Å². The molecule has 0 saturated heterocycles. The standard InChI is InChI=1S/C3H9N3.H2O5S2/c1-6(2)3(4)5;1-6(2)5-7(3)4/h1-2H3,(H3,4,5);(H,1,2)(H,3,4). The Morgan fingerprint density at radius 1 is 1.38 bits per heavy atom. The molecule has 0 aromatic carbocycles. The van der Waals surface area contributed by atoms with Gasteiger partial charge >= 0.3 is 22.7 Å². The van der Waals surface area contributed by atoms with Gasteiger partial charge < -0.3 is 10.6 Å². The lowest BCUT2D eigenvalue weighted by molar-refractivity contribution is 0.427. The van der Waals surface area contributed by atoms with Crippen LogP contribution in [0.4, 0.5) is 0 Å². The molecule has 0 fully saturated rings. The van der Waals surface area contributed by atoms with Gasteiger partial charge in [-0.2, -0.15) is 8.42 Å². The molecule has 0 amide bonds. The largest absolute Gasteiger partial charge is 0.370 e. The van der Waals surface area contributed by atoms with Gasteiger partial charge in [0.05, 0.1) is 0 Å². The van der Waals surface area contributed by atoms with Gasteiger partial charge in [-0.3, -0.25) is 14.5 Å². The predicted molar refractivity (Wildman–Crippen MR) is 48.2 cm³/mol. The molecule has 0 radical (unpaired) electrons. The number of rotatable bonds is 2. The number of nitrogens with two attached hydrogens (primary N) is 1. The van der Waals surface area contributed by atoms with Crippen molar-refractivity contribution >= 4 is 28.7 Å². The van der Waals surface area contributed by atoms with Crippen molar-refractivity contribution in [1.82, 2.24) is 4.90 Å². The second-order valence-electron chi connectivity index (χ2n) is 1.78. The summed E-state index contributed by atoms with van der Waals surface area (Å²) in [6, 6.07) is 0. The van der Waals surface area contributed by atoms with Crippen LogP contribution in [0, 0.1) is 5.41 Å². The lowest BCUT2D eigenvalue weighted by atomic mass is 10.8. The molecule has 0 aromatic rings. The lowest BCUT2D eigenvalue weighted by Gasteiger charge is -2.05. The molecule has 80 valence electrons. The van der Waals surface area contributed by atoms with Crippen LogP contribution in [0.1, 0.15) is 0 Å². The van der Waals surface area contributed by atoms with Crippen LogP contribution >= 0.6 is 0 Å². The Morgan fingerprint density at radius 3 is 1.62 bits per heavy atom. The average Bonchev–Trinajstić information content (AvgIpc) is 1.84. The van der Waals surface area contributed by atoms with E-state index in [1.165, 1.54) is 4.90 Å². The first-order valence-electron chi connectivity index (χ1n) is 2.69. The second-order valence-corrected chi connectivity index (χ2v) is 3.19. The second kappa shape index (κ2) is 8.07. The summed E-state index contributed by atoms with van der Waals surface area (Å²) >= 11 is -5.29. The summed E-state index contributed by atoms with van der Waals surface area (Å²) in [7, 11) is 3.45. The van der Waals surface area contributed by atoms with E-state index >= 15 is 0 Å². The molecule has 0 aliphatic heterocycles. The SMILES string of the molecule is CN(C)C(=N)N.O=S(O)OS(=O)O. The van der Waals surface area contributed by atoms with Crippen molar-refractivity contribution in [2.45, 2.75) is 0 Å². The Bertz CT molecular complexity index is 195. The van der Waals surface area contributed by atoms with Crippen LogP contribution in [0.3, 0.4) is 0 Å². The minimum absolute atomic E-state index is 0.0926. The van der Waals surface area contributed by atoms with Gasteiger partial charge in [-0.05, 0) is 0 Å². The zero-order valence-corrected chi connectivity index (χ0v) is 8.59. The van der Waals surface area contributed by atoms with Crippen LogP contribution in [0.15, 0.2) is 0 Å². The van der Waals surface area contributed by atoms with Gasteiger partial charge in [-0.15, -0.1) is 3.63 Å². The van der Waals surface area contributed by atoms with Gasteiger partial charge in [0.15, 0.2) is 5.96 Å². The van der Waals surface area contributed by atoms with Crippen LogP contribution in [0.2, 0.25) is 0 Å². The normalized spacial score (nSPS) is 13.5. The third-order valence-electron chi connectivity index (χ3n) is 0.598. The third-order valence-corrected chi connectivity index (χ3v) is 1.53. The summed E-state index contributed by atoms with van der Waals surface area (Å²) in [5.41, 5.74) is 4.94. The van der Waals surface area contributed by atoms with Gasteiger partial charge in [0.1, 0.15) is 0 Å². The first-order valence-corrected chi connectivity index (χ1v) is 4.75. The summed E-state index contributed by atoms with van der Waals surface area (Å²) in [6.07, 6.45) is 0. The van der Waals surface area contributed by atoms with Crippen molar-refractivity contribution in [3.05, 3.63) is 0 Å².